The van der Waals surface area contributed by atoms with Gasteiger partial charge in [-0.25, -0.2) is 0 Å². The summed E-state index contributed by atoms with van der Waals surface area (Å²) >= 11 is 1.56. The zero-order valence-electron chi connectivity index (χ0n) is 17.2. The number of para-hydroxylation sites is 1. The van der Waals surface area contributed by atoms with Crippen LogP contribution in [0.2, 0.25) is 0 Å². The number of hydrogen-bond acceptors (Lipinski definition) is 4. The Morgan fingerprint density at radius 3 is 2.83 bits per heavy atom. The third-order valence-electron chi connectivity index (χ3n) is 5.94. The van der Waals surface area contributed by atoms with Gasteiger partial charge in [-0.15, -0.1) is 11.3 Å². The zero-order valence-corrected chi connectivity index (χ0v) is 18.0. The Bertz CT molecular complexity index is 1250. The minimum absolute atomic E-state index is 0.0380. The third-order valence-corrected chi connectivity index (χ3v) is 7.18. The number of rotatable bonds is 4. The van der Waals surface area contributed by atoms with Crippen LogP contribution in [0.1, 0.15) is 33.6 Å². The number of carbonyl (C=O) groups excluding carboxylic acids is 1. The molecule has 2 aromatic heterocycles. The first-order valence-electron chi connectivity index (χ1n) is 10.4. The number of nitrogens with one attached hydrogen (secondary N) is 1. The maximum atomic E-state index is 13.3. The van der Waals surface area contributed by atoms with Gasteiger partial charge >= 0.3 is 0 Å². The van der Waals surface area contributed by atoms with E-state index in [0.29, 0.717) is 6.54 Å². The largest absolute Gasteiger partial charge is 0.376 e. The van der Waals surface area contributed by atoms with Crippen LogP contribution >= 0.6 is 11.3 Å². The average Bonchev–Trinajstić information content (AvgIpc) is 3.42. The van der Waals surface area contributed by atoms with Crippen LogP contribution in [-0.4, -0.2) is 30.1 Å². The van der Waals surface area contributed by atoms with Crippen LogP contribution in [0.5, 0.6) is 0 Å². The fraction of sp³-hybridized carbons (Fsp3) is 0.280. The number of hydrogen-bond donors (Lipinski definition) is 1. The molecule has 30 heavy (non-hydrogen) atoms. The van der Waals surface area contributed by atoms with Crippen LogP contribution in [0.4, 0.5) is 0 Å². The molecule has 1 saturated heterocycles. The predicted octanol–water partition coefficient (Wildman–Crippen LogP) is 5.64. The van der Waals surface area contributed by atoms with Crippen LogP contribution in [0.3, 0.4) is 0 Å². The molecule has 3 heterocycles. The van der Waals surface area contributed by atoms with Gasteiger partial charge in [-0.1, -0.05) is 36.4 Å². The lowest BCUT2D eigenvalue weighted by molar-refractivity contribution is 0.0861. The SMILES string of the molecule is Cc1ccc(-c2c(C(=O)NC[C@H]3CCCO3)sc3c2cnc2ccccc23)cc1C. The summed E-state index contributed by atoms with van der Waals surface area (Å²) in [7, 11) is 0. The number of fused-ring (bicyclic) bond motifs is 3. The van der Waals surface area contributed by atoms with Crippen molar-refractivity contribution in [2.45, 2.75) is 32.8 Å². The molecule has 0 aliphatic carbocycles. The smallest absolute Gasteiger partial charge is 0.262 e. The molecule has 1 aliphatic rings. The lowest BCUT2D eigenvalue weighted by Gasteiger charge is -2.12. The first kappa shape index (κ1) is 19.2. The predicted molar refractivity (Wildman–Crippen MR) is 123 cm³/mol. The van der Waals surface area contributed by atoms with Gasteiger partial charge in [0.1, 0.15) is 4.88 Å². The van der Waals surface area contributed by atoms with E-state index in [1.807, 2.05) is 24.4 Å². The van der Waals surface area contributed by atoms with Gasteiger partial charge in [-0.3, -0.25) is 9.78 Å². The molecule has 1 amide bonds. The molecule has 0 bridgehead atoms. The number of nitrogens with zero attached hydrogens (tertiary/aromatic N) is 1. The van der Waals surface area contributed by atoms with Crippen molar-refractivity contribution in [2.75, 3.05) is 13.2 Å². The van der Waals surface area contributed by atoms with E-state index in [9.17, 15) is 4.79 Å². The van der Waals surface area contributed by atoms with Gasteiger partial charge in [0.25, 0.3) is 5.91 Å². The number of amides is 1. The Labute approximate surface area is 179 Å². The highest BCUT2D eigenvalue weighted by Gasteiger charge is 2.23. The Kier molecular flexibility index (Phi) is 5.01. The normalized spacial score (nSPS) is 16.4. The quantitative estimate of drug-likeness (QED) is 0.468. The van der Waals surface area contributed by atoms with Crippen molar-refractivity contribution in [1.82, 2.24) is 10.3 Å². The van der Waals surface area contributed by atoms with Crippen molar-refractivity contribution in [2.24, 2.45) is 0 Å². The van der Waals surface area contributed by atoms with Gasteiger partial charge in [-0.05, 0) is 49.4 Å². The van der Waals surface area contributed by atoms with Crippen LogP contribution in [0.25, 0.3) is 32.1 Å². The molecule has 4 nitrogen and oxygen atoms in total. The Morgan fingerprint density at radius 2 is 2.03 bits per heavy atom. The van der Waals surface area contributed by atoms with Crippen molar-refractivity contribution in [1.29, 1.82) is 0 Å². The van der Waals surface area contributed by atoms with Gasteiger partial charge in [0.05, 0.1) is 11.6 Å². The Morgan fingerprint density at radius 1 is 1.17 bits per heavy atom. The molecule has 1 N–H and O–H groups in total. The summed E-state index contributed by atoms with van der Waals surface area (Å²) in [6.45, 7) is 5.56. The van der Waals surface area contributed by atoms with Crippen molar-refractivity contribution in [3.05, 3.63) is 64.7 Å². The molecule has 1 atom stereocenters. The maximum absolute atomic E-state index is 13.3. The van der Waals surface area contributed by atoms with E-state index in [2.05, 4.69) is 48.4 Å². The van der Waals surface area contributed by atoms with Gasteiger partial charge < -0.3 is 10.1 Å². The van der Waals surface area contributed by atoms with Gasteiger partial charge in [0, 0.05) is 40.4 Å². The summed E-state index contributed by atoms with van der Waals surface area (Å²) in [5.74, 6) is -0.0380. The van der Waals surface area contributed by atoms with E-state index in [1.165, 1.54) is 11.1 Å². The fourth-order valence-electron chi connectivity index (χ4n) is 4.12. The second kappa shape index (κ2) is 7.82. The van der Waals surface area contributed by atoms with Crippen LogP contribution in [0, 0.1) is 13.8 Å². The summed E-state index contributed by atoms with van der Waals surface area (Å²) in [5, 5.41) is 5.23. The third kappa shape index (κ3) is 3.38. The molecule has 0 unspecified atom stereocenters. The summed E-state index contributed by atoms with van der Waals surface area (Å²) in [4.78, 5) is 18.7. The average molecular weight is 417 g/mol. The van der Waals surface area contributed by atoms with E-state index in [4.69, 9.17) is 4.74 Å². The van der Waals surface area contributed by atoms with E-state index < -0.39 is 0 Å². The van der Waals surface area contributed by atoms with Gasteiger partial charge in [0.15, 0.2) is 0 Å². The summed E-state index contributed by atoms with van der Waals surface area (Å²) in [6.07, 6.45) is 4.10. The van der Waals surface area contributed by atoms with Gasteiger partial charge in [0.2, 0.25) is 0 Å². The second-order valence-corrected chi connectivity index (χ2v) is 8.99. The minimum Gasteiger partial charge on any atom is -0.376 e. The van der Waals surface area contributed by atoms with E-state index >= 15 is 0 Å². The van der Waals surface area contributed by atoms with Crippen molar-refractivity contribution < 1.29 is 9.53 Å². The van der Waals surface area contributed by atoms with E-state index in [1.54, 1.807) is 11.3 Å². The molecule has 0 radical (unpaired) electrons. The molecule has 152 valence electrons. The van der Waals surface area contributed by atoms with Gasteiger partial charge in [-0.2, -0.15) is 0 Å². The monoisotopic (exact) mass is 416 g/mol. The number of aromatic nitrogens is 1. The lowest BCUT2D eigenvalue weighted by atomic mass is 9.98. The summed E-state index contributed by atoms with van der Waals surface area (Å²) in [6, 6.07) is 14.5. The molecular formula is C25H24N2O2S. The number of carbonyl (C=O) groups is 1. The number of ether oxygens (including phenoxy) is 1. The standard InChI is InChI=1S/C25H24N2O2S/c1-15-9-10-17(12-16(15)2)22-20-14-26-21-8-4-3-7-19(21)23(20)30-24(22)25(28)27-13-18-6-5-11-29-18/h3-4,7-10,12,14,18H,5-6,11,13H2,1-2H3,(H,27,28)/t18-/m1/s1. The fourth-order valence-corrected chi connectivity index (χ4v) is 5.36. The Hall–Kier alpha value is -2.76. The topological polar surface area (TPSA) is 51.2 Å². The summed E-state index contributed by atoms with van der Waals surface area (Å²) < 4.78 is 6.79. The highest BCUT2D eigenvalue weighted by Crippen LogP contribution is 2.41. The van der Waals surface area contributed by atoms with Crippen molar-refractivity contribution in [3.8, 4) is 11.1 Å². The van der Waals surface area contributed by atoms with Crippen LogP contribution in [-0.2, 0) is 4.74 Å². The minimum atomic E-state index is -0.0380. The molecule has 2 aromatic carbocycles. The molecule has 5 heteroatoms. The maximum Gasteiger partial charge on any atom is 0.262 e. The number of benzene rings is 2. The molecule has 1 aliphatic heterocycles. The first-order valence-corrected chi connectivity index (χ1v) is 11.2. The first-order chi connectivity index (χ1) is 14.6. The van der Waals surface area contributed by atoms with Crippen molar-refractivity contribution in [3.63, 3.8) is 0 Å². The molecular weight excluding hydrogens is 392 g/mol. The van der Waals surface area contributed by atoms with E-state index in [-0.39, 0.29) is 12.0 Å². The molecule has 1 fully saturated rings. The zero-order chi connectivity index (χ0) is 20.7. The molecule has 0 saturated carbocycles. The van der Waals surface area contributed by atoms with Crippen molar-refractivity contribution >= 4 is 38.2 Å². The highest BCUT2D eigenvalue weighted by molar-refractivity contribution is 7.22. The Balaban J connectivity index is 1.66. The highest BCUT2D eigenvalue weighted by atomic mass is 32.1. The number of pyridine rings is 1. The number of aryl methyl sites for hydroxylation is 2. The molecule has 0 spiro atoms. The summed E-state index contributed by atoms with van der Waals surface area (Å²) in [5.41, 5.74) is 5.44. The molecule has 4 aromatic rings. The lowest BCUT2D eigenvalue weighted by Crippen LogP contribution is -2.31. The van der Waals surface area contributed by atoms with E-state index in [0.717, 1.165) is 56.4 Å². The second-order valence-electron chi connectivity index (χ2n) is 7.97. The van der Waals surface area contributed by atoms with Crippen LogP contribution < -0.4 is 5.32 Å². The number of thiophene rings is 1. The van der Waals surface area contributed by atoms with Crippen LogP contribution in [0.15, 0.2) is 48.7 Å². The molecule has 5 rings (SSSR count).